The fourth-order valence-electron chi connectivity index (χ4n) is 1.52. The van der Waals surface area contributed by atoms with Crippen LogP contribution in [-0.2, 0) is 14.3 Å². The van der Waals surface area contributed by atoms with Gasteiger partial charge in [0.05, 0.1) is 6.61 Å². The summed E-state index contributed by atoms with van der Waals surface area (Å²) < 4.78 is 4.86. The van der Waals surface area contributed by atoms with E-state index in [1.165, 1.54) is 0 Å². The molecule has 3 nitrogen and oxygen atoms in total. The number of ether oxygens (including phenoxy) is 1. The molecule has 1 unspecified atom stereocenters. The standard InChI is InChI=1S/C11H18O3/c1-3-9(11(13)14-4-2)10(12)7-8-5-6-8/h8-9H,3-7H2,1-2H3. The first-order valence-electron chi connectivity index (χ1n) is 5.38. The summed E-state index contributed by atoms with van der Waals surface area (Å²) in [6, 6.07) is 0. The van der Waals surface area contributed by atoms with E-state index in [0.717, 1.165) is 12.8 Å². The van der Waals surface area contributed by atoms with Crippen LogP contribution in [0.5, 0.6) is 0 Å². The van der Waals surface area contributed by atoms with Crippen molar-refractivity contribution in [3.05, 3.63) is 0 Å². The highest BCUT2D eigenvalue weighted by molar-refractivity contribution is 5.99. The van der Waals surface area contributed by atoms with Gasteiger partial charge in [0.25, 0.3) is 0 Å². The third kappa shape index (κ3) is 3.13. The molecule has 0 amide bonds. The predicted octanol–water partition coefficient (Wildman–Crippen LogP) is 1.94. The Morgan fingerprint density at radius 3 is 2.43 bits per heavy atom. The number of esters is 1. The summed E-state index contributed by atoms with van der Waals surface area (Å²) in [5.74, 6) is -0.254. The molecule has 0 aromatic rings. The maximum atomic E-state index is 11.6. The summed E-state index contributed by atoms with van der Waals surface area (Å²) in [5.41, 5.74) is 0. The van der Waals surface area contributed by atoms with Crippen LogP contribution < -0.4 is 0 Å². The minimum atomic E-state index is -0.518. The van der Waals surface area contributed by atoms with Gasteiger partial charge in [0.1, 0.15) is 11.7 Å². The average molecular weight is 198 g/mol. The number of rotatable bonds is 6. The lowest BCUT2D eigenvalue weighted by atomic mass is 9.97. The maximum absolute atomic E-state index is 11.6. The maximum Gasteiger partial charge on any atom is 0.316 e. The molecular weight excluding hydrogens is 180 g/mol. The van der Waals surface area contributed by atoms with Crippen molar-refractivity contribution >= 4 is 11.8 Å². The van der Waals surface area contributed by atoms with Crippen molar-refractivity contribution in [2.24, 2.45) is 11.8 Å². The van der Waals surface area contributed by atoms with Crippen molar-refractivity contribution < 1.29 is 14.3 Å². The summed E-state index contributed by atoms with van der Waals surface area (Å²) in [6.07, 6.45) is 3.41. The van der Waals surface area contributed by atoms with E-state index in [4.69, 9.17) is 4.74 Å². The van der Waals surface area contributed by atoms with E-state index in [1.807, 2.05) is 6.92 Å². The largest absolute Gasteiger partial charge is 0.465 e. The van der Waals surface area contributed by atoms with Crippen LogP contribution in [0.25, 0.3) is 0 Å². The van der Waals surface area contributed by atoms with Gasteiger partial charge in [-0.05, 0) is 32.1 Å². The van der Waals surface area contributed by atoms with Gasteiger partial charge < -0.3 is 4.74 Å². The third-order valence-corrected chi connectivity index (χ3v) is 2.55. The molecule has 3 heteroatoms. The molecule has 1 rings (SSSR count). The zero-order valence-corrected chi connectivity index (χ0v) is 8.91. The van der Waals surface area contributed by atoms with Crippen molar-refractivity contribution in [2.45, 2.75) is 39.5 Å². The molecule has 0 N–H and O–H groups in total. The van der Waals surface area contributed by atoms with Gasteiger partial charge in [-0.25, -0.2) is 0 Å². The number of carbonyl (C=O) groups is 2. The summed E-state index contributed by atoms with van der Waals surface area (Å²) in [4.78, 5) is 23.0. The third-order valence-electron chi connectivity index (χ3n) is 2.55. The highest BCUT2D eigenvalue weighted by Crippen LogP contribution is 2.33. The lowest BCUT2D eigenvalue weighted by molar-refractivity contribution is -0.151. The Morgan fingerprint density at radius 2 is 2.00 bits per heavy atom. The Bertz CT molecular complexity index is 219. The van der Waals surface area contributed by atoms with Crippen LogP contribution in [0.1, 0.15) is 39.5 Å². The van der Waals surface area contributed by atoms with E-state index < -0.39 is 5.92 Å². The Balaban J connectivity index is 2.41. The molecule has 0 radical (unpaired) electrons. The Morgan fingerprint density at radius 1 is 1.36 bits per heavy atom. The van der Waals surface area contributed by atoms with Crippen LogP contribution in [-0.4, -0.2) is 18.4 Å². The smallest absolute Gasteiger partial charge is 0.316 e. The van der Waals surface area contributed by atoms with Gasteiger partial charge in [-0.1, -0.05) is 6.92 Å². The van der Waals surface area contributed by atoms with Crippen LogP contribution in [0.4, 0.5) is 0 Å². The van der Waals surface area contributed by atoms with Gasteiger partial charge in [-0.2, -0.15) is 0 Å². The summed E-state index contributed by atoms with van der Waals surface area (Å²) in [7, 11) is 0. The van der Waals surface area contributed by atoms with Crippen LogP contribution in [0.15, 0.2) is 0 Å². The molecule has 0 spiro atoms. The van der Waals surface area contributed by atoms with E-state index in [9.17, 15) is 9.59 Å². The quantitative estimate of drug-likeness (QED) is 0.484. The first kappa shape index (κ1) is 11.2. The Labute approximate surface area is 84.8 Å². The van der Waals surface area contributed by atoms with Gasteiger partial charge >= 0.3 is 5.97 Å². The van der Waals surface area contributed by atoms with Crippen molar-refractivity contribution in [1.82, 2.24) is 0 Å². The second kappa shape index (κ2) is 5.13. The highest BCUT2D eigenvalue weighted by atomic mass is 16.5. The highest BCUT2D eigenvalue weighted by Gasteiger charge is 2.31. The second-order valence-corrected chi connectivity index (χ2v) is 3.83. The minimum absolute atomic E-state index is 0.0634. The van der Waals surface area contributed by atoms with Gasteiger partial charge in [-0.3, -0.25) is 9.59 Å². The number of hydrogen-bond acceptors (Lipinski definition) is 3. The summed E-state index contributed by atoms with van der Waals surface area (Å²) >= 11 is 0. The molecule has 1 aliphatic rings. The van der Waals surface area contributed by atoms with E-state index in [1.54, 1.807) is 6.92 Å². The topological polar surface area (TPSA) is 43.4 Å². The molecule has 0 bridgehead atoms. The zero-order valence-electron chi connectivity index (χ0n) is 8.91. The molecule has 1 saturated carbocycles. The lowest BCUT2D eigenvalue weighted by Crippen LogP contribution is -2.25. The summed E-state index contributed by atoms with van der Waals surface area (Å²) in [6.45, 7) is 3.97. The van der Waals surface area contributed by atoms with Gasteiger partial charge in [0, 0.05) is 6.42 Å². The average Bonchev–Trinajstić information content (AvgIpc) is 2.90. The van der Waals surface area contributed by atoms with Gasteiger partial charge in [0.2, 0.25) is 0 Å². The number of Topliss-reactive ketones (excluding diaryl/α,β-unsaturated/α-hetero) is 1. The van der Waals surface area contributed by atoms with Gasteiger partial charge in [-0.15, -0.1) is 0 Å². The minimum Gasteiger partial charge on any atom is -0.465 e. The first-order valence-corrected chi connectivity index (χ1v) is 5.38. The second-order valence-electron chi connectivity index (χ2n) is 3.83. The molecule has 1 aliphatic carbocycles. The van der Waals surface area contributed by atoms with Crippen molar-refractivity contribution in [3.8, 4) is 0 Å². The molecule has 0 aliphatic heterocycles. The molecule has 80 valence electrons. The number of carbonyl (C=O) groups excluding carboxylic acids is 2. The number of ketones is 1. The van der Waals surface area contributed by atoms with E-state index in [0.29, 0.717) is 25.4 Å². The fourth-order valence-corrected chi connectivity index (χ4v) is 1.52. The lowest BCUT2D eigenvalue weighted by Gasteiger charge is -2.11. The van der Waals surface area contributed by atoms with Crippen molar-refractivity contribution in [3.63, 3.8) is 0 Å². The molecule has 1 atom stereocenters. The molecule has 0 heterocycles. The van der Waals surface area contributed by atoms with E-state index >= 15 is 0 Å². The molecule has 1 fully saturated rings. The SMILES string of the molecule is CCOC(=O)C(CC)C(=O)CC1CC1. The van der Waals surface area contributed by atoms with Crippen molar-refractivity contribution in [1.29, 1.82) is 0 Å². The molecule has 0 aromatic heterocycles. The predicted molar refractivity (Wildman–Crippen MR) is 52.8 cm³/mol. The fraction of sp³-hybridized carbons (Fsp3) is 0.818. The first-order chi connectivity index (χ1) is 6.69. The van der Waals surface area contributed by atoms with Crippen LogP contribution in [0.3, 0.4) is 0 Å². The van der Waals surface area contributed by atoms with E-state index in [2.05, 4.69) is 0 Å². The summed E-state index contributed by atoms with van der Waals surface area (Å²) in [5, 5.41) is 0. The van der Waals surface area contributed by atoms with E-state index in [-0.39, 0.29) is 11.8 Å². The van der Waals surface area contributed by atoms with Crippen LogP contribution >= 0.6 is 0 Å². The number of hydrogen-bond donors (Lipinski definition) is 0. The van der Waals surface area contributed by atoms with Crippen molar-refractivity contribution in [2.75, 3.05) is 6.61 Å². The zero-order chi connectivity index (χ0) is 10.6. The van der Waals surface area contributed by atoms with Crippen LogP contribution in [0.2, 0.25) is 0 Å². The Hall–Kier alpha value is -0.860. The molecule has 0 aromatic carbocycles. The van der Waals surface area contributed by atoms with Gasteiger partial charge in [0.15, 0.2) is 0 Å². The monoisotopic (exact) mass is 198 g/mol. The molecule has 14 heavy (non-hydrogen) atoms. The Kier molecular flexibility index (Phi) is 4.11. The van der Waals surface area contributed by atoms with Crippen LogP contribution in [0, 0.1) is 11.8 Å². The molecule has 0 saturated heterocycles. The normalized spacial score (nSPS) is 17.6. The molecular formula is C11H18O3.